The van der Waals surface area contributed by atoms with Gasteiger partial charge in [0.25, 0.3) is 0 Å². The minimum Gasteiger partial charge on any atom is -0.392 e. The molecule has 0 bridgehead atoms. The van der Waals surface area contributed by atoms with Crippen molar-refractivity contribution in [2.45, 2.75) is 58.8 Å². The van der Waals surface area contributed by atoms with E-state index in [4.69, 9.17) is 4.74 Å². The second kappa shape index (κ2) is 6.31. The summed E-state index contributed by atoms with van der Waals surface area (Å²) in [7, 11) is 0. The molecule has 1 aromatic carbocycles. The Bertz CT molecular complexity index is 518. The van der Waals surface area contributed by atoms with Crippen molar-refractivity contribution in [3.63, 3.8) is 0 Å². The third kappa shape index (κ3) is 2.82. The molecule has 2 unspecified atom stereocenters. The highest BCUT2D eigenvalue weighted by molar-refractivity contribution is 5.30. The fourth-order valence-corrected chi connectivity index (χ4v) is 4.16. The quantitative estimate of drug-likeness (QED) is 0.928. The fraction of sp³-hybridized carbons (Fsp3) is 0.684. The largest absolute Gasteiger partial charge is 0.392 e. The lowest BCUT2D eigenvalue weighted by atomic mass is 9.58. The van der Waals surface area contributed by atoms with Crippen molar-refractivity contribution in [3.8, 4) is 0 Å². The lowest BCUT2D eigenvalue weighted by Gasteiger charge is -2.56. The van der Waals surface area contributed by atoms with Crippen LogP contribution in [0.4, 0.5) is 0 Å². The first-order chi connectivity index (χ1) is 10.5. The van der Waals surface area contributed by atoms with Crippen molar-refractivity contribution < 1.29 is 9.84 Å². The van der Waals surface area contributed by atoms with E-state index in [0.717, 1.165) is 45.5 Å². The summed E-state index contributed by atoms with van der Waals surface area (Å²) in [5.74, 6) is 0. The molecule has 0 amide bonds. The number of piperidine rings is 1. The summed E-state index contributed by atoms with van der Waals surface area (Å²) < 4.78 is 5.85. The van der Waals surface area contributed by atoms with Crippen LogP contribution >= 0.6 is 0 Å². The predicted molar refractivity (Wildman–Crippen MR) is 88.9 cm³/mol. The fourth-order valence-electron chi connectivity index (χ4n) is 4.16. The number of aliphatic hydroxyl groups is 1. The Morgan fingerprint density at radius 2 is 2.00 bits per heavy atom. The molecule has 1 N–H and O–H groups in total. The van der Waals surface area contributed by atoms with E-state index in [-0.39, 0.29) is 17.6 Å². The summed E-state index contributed by atoms with van der Waals surface area (Å²) in [6.07, 6.45) is 3.06. The summed E-state index contributed by atoms with van der Waals surface area (Å²) in [6.45, 7) is 10.3. The molecule has 1 aliphatic heterocycles. The predicted octanol–water partition coefficient (Wildman–Crippen LogP) is 3.06. The van der Waals surface area contributed by atoms with Crippen LogP contribution < -0.4 is 0 Å². The Labute approximate surface area is 134 Å². The third-order valence-corrected chi connectivity index (χ3v) is 5.80. The molecule has 22 heavy (non-hydrogen) atoms. The van der Waals surface area contributed by atoms with E-state index in [1.54, 1.807) is 0 Å². The Balaban J connectivity index is 1.61. The lowest BCUT2D eigenvalue weighted by Crippen LogP contribution is -2.62. The second-order valence-electron chi connectivity index (χ2n) is 7.13. The molecule has 2 fully saturated rings. The van der Waals surface area contributed by atoms with E-state index >= 15 is 0 Å². The third-order valence-electron chi connectivity index (χ3n) is 5.80. The monoisotopic (exact) mass is 303 g/mol. The smallest absolute Gasteiger partial charge is 0.0681 e. The van der Waals surface area contributed by atoms with Gasteiger partial charge in [0.1, 0.15) is 0 Å². The number of benzene rings is 1. The van der Waals surface area contributed by atoms with E-state index < -0.39 is 0 Å². The first-order valence-electron chi connectivity index (χ1n) is 8.63. The highest BCUT2D eigenvalue weighted by Crippen LogP contribution is 2.51. The summed E-state index contributed by atoms with van der Waals surface area (Å²) in [4.78, 5) is 2.53. The van der Waals surface area contributed by atoms with Gasteiger partial charge >= 0.3 is 0 Å². The average molecular weight is 303 g/mol. The number of likely N-dealkylation sites (tertiary alicyclic amines) is 1. The van der Waals surface area contributed by atoms with Gasteiger partial charge in [0.2, 0.25) is 0 Å². The van der Waals surface area contributed by atoms with Gasteiger partial charge in [0.05, 0.1) is 12.2 Å². The van der Waals surface area contributed by atoms with Crippen LogP contribution in [0.2, 0.25) is 0 Å². The molecule has 1 aliphatic carbocycles. The highest BCUT2D eigenvalue weighted by atomic mass is 16.5. The number of hydrogen-bond acceptors (Lipinski definition) is 3. The van der Waals surface area contributed by atoms with Crippen molar-refractivity contribution in [2.24, 2.45) is 5.41 Å². The number of nitrogens with zero attached hydrogens (tertiary/aromatic N) is 1. The van der Waals surface area contributed by atoms with Gasteiger partial charge in [-0.1, -0.05) is 23.8 Å². The molecular formula is C19H29NO2. The molecule has 2 atom stereocenters. The number of ether oxygens (including phenoxy) is 1. The molecule has 0 radical (unpaired) electrons. The summed E-state index contributed by atoms with van der Waals surface area (Å²) in [5.41, 5.74) is 4.18. The number of aryl methyl sites for hydroxylation is 2. The topological polar surface area (TPSA) is 32.7 Å². The Kier molecular flexibility index (Phi) is 4.58. The van der Waals surface area contributed by atoms with E-state index in [0.29, 0.717) is 0 Å². The van der Waals surface area contributed by atoms with Crippen molar-refractivity contribution in [2.75, 3.05) is 19.7 Å². The van der Waals surface area contributed by atoms with Crippen LogP contribution in [0.3, 0.4) is 0 Å². The zero-order valence-corrected chi connectivity index (χ0v) is 14.1. The van der Waals surface area contributed by atoms with Crippen LogP contribution in [-0.2, 0) is 11.3 Å². The van der Waals surface area contributed by atoms with Gasteiger partial charge in [-0.05, 0) is 57.8 Å². The van der Waals surface area contributed by atoms with Gasteiger partial charge in [-0.25, -0.2) is 0 Å². The summed E-state index contributed by atoms with van der Waals surface area (Å²) in [5, 5.41) is 10.3. The molecular weight excluding hydrogens is 274 g/mol. The first kappa shape index (κ1) is 16.0. The molecule has 1 saturated carbocycles. The van der Waals surface area contributed by atoms with Gasteiger partial charge < -0.3 is 9.84 Å². The molecule has 1 heterocycles. The average Bonchev–Trinajstić information content (AvgIpc) is 2.51. The minimum atomic E-state index is -0.160. The maximum absolute atomic E-state index is 10.3. The molecule has 1 saturated heterocycles. The van der Waals surface area contributed by atoms with Crippen LogP contribution in [0, 0.1) is 19.3 Å². The van der Waals surface area contributed by atoms with Gasteiger partial charge in [0, 0.05) is 25.0 Å². The Morgan fingerprint density at radius 1 is 1.27 bits per heavy atom. The first-order valence-corrected chi connectivity index (χ1v) is 8.63. The van der Waals surface area contributed by atoms with Crippen molar-refractivity contribution in [1.82, 2.24) is 4.90 Å². The molecule has 3 rings (SSSR count). The van der Waals surface area contributed by atoms with Crippen LogP contribution in [-0.4, -0.2) is 41.9 Å². The molecule has 122 valence electrons. The van der Waals surface area contributed by atoms with E-state index in [9.17, 15) is 5.11 Å². The van der Waals surface area contributed by atoms with E-state index in [1.807, 2.05) is 6.92 Å². The SMILES string of the molecule is CCOC1CC(O)C12CCN(Cc1cc(C)ccc1C)CC2. The van der Waals surface area contributed by atoms with Crippen LogP contribution in [0.25, 0.3) is 0 Å². The number of aliphatic hydroxyl groups excluding tert-OH is 1. The minimum absolute atomic E-state index is 0.0359. The maximum atomic E-state index is 10.3. The summed E-state index contributed by atoms with van der Waals surface area (Å²) >= 11 is 0. The Hall–Kier alpha value is -0.900. The van der Waals surface area contributed by atoms with Crippen LogP contribution in [0.5, 0.6) is 0 Å². The number of hydrogen-bond donors (Lipinski definition) is 1. The number of rotatable bonds is 4. The van der Waals surface area contributed by atoms with E-state index in [1.165, 1.54) is 16.7 Å². The van der Waals surface area contributed by atoms with Gasteiger partial charge in [0.15, 0.2) is 0 Å². The molecule has 3 heteroatoms. The molecule has 3 nitrogen and oxygen atoms in total. The Morgan fingerprint density at radius 3 is 2.64 bits per heavy atom. The second-order valence-corrected chi connectivity index (χ2v) is 7.13. The molecule has 1 aromatic rings. The zero-order chi connectivity index (χ0) is 15.7. The van der Waals surface area contributed by atoms with Gasteiger partial charge in [-0.3, -0.25) is 4.90 Å². The standard InChI is InChI=1S/C19H29NO2/c1-4-22-18-12-17(21)19(18)7-9-20(10-8-19)13-16-11-14(2)5-6-15(16)3/h5-6,11,17-18,21H,4,7-10,12-13H2,1-3H3. The highest BCUT2D eigenvalue weighted by Gasteiger charge is 2.55. The molecule has 1 spiro atoms. The van der Waals surface area contributed by atoms with Crippen molar-refractivity contribution >= 4 is 0 Å². The van der Waals surface area contributed by atoms with Crippen LogP contribution in [0.1, 0.15) is 42.9 Å². The van der Waals surface area contributed by atoms with Crippen molar-refractivity contribution in [3.05, 3.63) is 34.9 Å². The van der Waals surface area contributed by atoms with E-state index in [2.05, 4.69) is 36.9 Å². The normalized spacial score (nSPS) is 27.8. The molecule has 0 aromatic heterocycles. The summed E-state index contributed by atoms with van der Waals surface area (Å²) in [6, 6.07) is 6.71. The van der Waals surface area contributed by atoms with Gasteiger partial charge in [-0.15, -0.1) is 0 Å². The lowest BCUT2D eigenvalue weighted by molar-refractivity contribution is -0.209. The van der Waals surface area contributed by atoms with Crippen LogP contribution in [0.15, 0.2) is 18.2 Å². The molecule has 2 aliphatic rings. The maximum Gasteiger partial charge on any atom is 0.0681 e. The zero-order valence-electron chi connectivity index (χ0n) is 14.1. The van der Waals surface area contributed by atoms with Crippen molar-refractivity contribution in [1.29, 1.82) is 0 Å². The van der Waals surface area contributed by atoms with Gasteiger partial charge in [-0.2, -0.15) is 0 Å².